The molecule has 2 amide bonds. The molecule has 0 radical (unpaired) electrons. The fourth-order valence-electron chi connectivity index (χ4n) is 4.29. The molecule has 1 saturated carbocycles. The van der Waals surface area contributed by atoms with E-state index >= 15 is 0 Å². The number of hydrogen-bond donors (Lipinski definition) is 0. The molecule has 0 aromatic heterocycles. The van der Waals surface area contributed by atoms with Crippen molar-refractivity contribution < 1.29 is 24.0 Å². The second kappa shape index (κ2) is 8.71. The molecular formula is C24H24N2O5. The van der Waals surface area contributed by atoms with Gasteiger partial charge in [-0.25, -0.2) is 4.79 Å². The summed E-state index contributed by atoms with van der Waals surface area (Å²) in [5, 5.41) is 3.93. The third kappa shape index (κ3) is 3.95. The van der Waals surface area contributed by atoms with Gasteiger partial charge in [-0.15, -0.1) is 0 Å². The molecule has 0 bridgehead atoms. The van der Waals surface area contributed by atoms with Crippen molar-refractivity contribution in [1.82, 2.24) is 0 Å². The highest BCUT2D eigenvalue weighted by molar-refractivity contribution is 6.22. The zero-order chi connectivity index (χ0) is 22.0. The zero-order valence-electron chi connectivity index (χ0n) is 17.5. The number of anilines is 1. The van der Waals surface area contributed by atoms with Gasteiger partial charge in [0.05, 0.1) is 30.3 Å². The number of carbonyl (C=O) groups excluding carboxylic acids is 3. The van der Waals surface area contributed by atoms with E-state index in [2.05, 4.69) is 5.16 Å². The van der Waals surface area contributed by atoms with Gasteiger partial charge in [-0.3, -0.25) is 14.5 Å². The van der Waals surface area contributed by atoms with Crippen LogP contribution in [0.5, 0.6) is 5.75 Å². The summed E-state index contributed by atoms with van der Waals surface area (Å²) >= 11 is 0. The van der Waals surface area contributed by atoms with Gasteiger partial charge in [-0.2, -0.15) is 0 Å². The second-order valence-electron chi connectivity index (χ2n) is 7.81. The Morgan fingerprint density at radius 2 is 1.58 bits per heavy atom. The van der Waals surface area contributed by atoms with Gasteiger partial charge in [0.15, 0.2) is 0 Å². The first-order chi connectivity index (χ1) is 15.0. The van der Waals surface area contributed by atoms with E-state index in [0.29, 0.717) is 22.7 Å². The molecule has 7 heteroatoms. The number of methoxy groups -OCH3 is 1. The van der Waals surface area contributed by atoms with Crippen LogP contribution in [0.1, 0.15) is 48.5 Å². The highest BCUT2D eigenvalue weighted by Gasteiger charge is 2.48. The number of rotatable bonds is 5. The van der Waals surface area contributed by atoms with E-state index in [1.165, 1.54) is 12.0 Å². The predicted octanol–water partition coefficient (Wildman–Crippen LogP) is 3.96. The lowest BCUT2D eigenvalue weighted by atomic mass is 9.81. The monoisotopic (exact) mass is 420 g/mol. The molecule has 2 aliphatic rings. The number of benzene rings is 2. The number of para-hydroxylation sites is 1. The van der Waals surface area contributed by atoms with E-state index in [9.17, 15) is 14.4 Å². The fourth-order valence-corrected chi connectivity index (χ4v) is 4.29. The molecule has 1 aliphatic carbocycles. The Labute approximate surface area is 180 Å². The molecule has 1 heterocycles. The molecular weight excluding hydrogens is 396 g/mol. The van der Waals surface area contributed by atoms with Gasteiger partial charge in [0.25, 0.3) is 0 Å². The Morgan fingerprint density at radius 3 is 2.19 bits per heavy atom. The Balaban J connectivity index is 1.47. The quantitative estimate of drug-likeness (QED) is 0.316. The van der Waals surface area contributed by atoms with Crippen molar-refractivity contribution in [2.45, 2.75) is 32.6 Å². The summed E-state index contributed by atoms with van der Waals surface area (Å²) < 4.78 is 5.16. The Hall–Kier alpha value is -3.48. The summed E-state index contributed by atoms with van der Waals surface area (Å²) in [6.07, 6.45) is 3.56. The van der Waals surface area contributed by atoms with Crippen LogP contribution in [0.4, 0.5) is 5.69 Å². The first kappa shape index (κ1) is 20.8. The lowest BCUT2D eigenvalue weighted by molar-refractivity contribution is -0.122. The van der Waals surface area contributed by atoms with Crippen molar-refractivity contribution in [2.75, 3.05) is 12.0 Å². The summed E-state index contributed by atoms with van der Waals surface area (Å²) in [7, 11) is 1.48. The van der Waals surface area contributed by atoms with Gasteiger partial charge in [0.1, 0.15) is 11.3 Å². The maximum Gasteiger partial charge on any atom is 0.369 e. The summed E-state index contributed by atoms with van der Waals surface area (Å²) in [5.41, 5.74) is 2.05. The number of ether oxygens (including phenoxy) is 1. The second-order valence-corrected chi connectivity index (χ2v) is 7.81. The molecule has 2 aromatic carbocycles. The third-order valence-electron chi connectivity index (χ3n) is 5.98. The van der Waals surface area contributed by atoms with E-state index in [1.54, 1.807) is 55.5 Å². The van der Waals surface area contributed by atoms with Crippen molar-refractivity contribution in [3.05, 3.63) is 59.7 Å². The smallest absolute Gasteiger partial charge is 0.369 e. The average molecular weight is 420 g/mol. The van der Waals surface area contributed by atoms with Crippen LogP contribution >= 0.6 is 0 Å². The van der Waals surface area contributed by atoms with Gasteiger partial charge in [-0.1, -0.05) is 42.3 Å². The first-order valence-electron chi connectivity index (χ1n) is 10.4. The lowest BCUT2D eigenvalue weighted by Gasteiger charge is -2.19. The molecule has 0 unspecified atom stereocenters. The van der Waals surface area contributed by atoms with Crippen LogP contribution in [0.15, 0.2) is 53.7 Å². The van der Waals surface area contributed by atoms with E-state index in [4.69, 9.17) is 9.57 Å². The maximum atomic E-state index is 12.7. The van der Waals surface area contributed by atoms with Gasteiger partial charge >= 0.3 is 5.97 Å². The standard InChI is InChI=1S/C24H24N2O5/c1-15(25-31-24(29)20-9-5-6-10-21(20)30-2)16-11-13-17(14-12-16)26-22(27)18-7-3-4-8-19(18)23(26)28/h5-6,9-14,18-19H,3-4,7-8H2,1-2H3/b25-15+/t18-,19-/m0/s1. The molecule has 31 heavy (non-hydrogen) atoms. The fraction of sp³-hybridized carbons (Fsp3) is 0.333. The molecule has 7 nitrogen and oxygen atoms in total. The van der Waals surface area contributed by atoms with Crippen molar-refractivity contribution in [3.63, 3.8) is 0 Å². The Morgan fingerprint density at radius 1 is 0.968 bits per heavy atom. The summed E-state index contributed by atoms with van der Waals surface area (Å²) in [4.78, 5) is 44.2. The van der Waals surface area contributed by atoms with Crippen LogP contribution in [0, 0.1) is 11.8 Å². The number of oxime groups is 1. The average Bonchev–Trinajstić information content (AvgIpc) is 3.07. The number of carbonyl (C=O) groups is 3. The van der Waals surface area contributed by atoms with E-state index < -0.39 is 5.97 Å². The zero-order valence-corrected chi connectivity index (χ0v) is 17.5. The molecule has 160 valence electrons. The molecule has 2 atom stereocenters. The summed E-state index contributed by atoms with van der Waals surface area (Å²) in [6, 6.07) is 13.7. The number of fused-ring (bicyclic) bond motifs is 1. The summed E-state index contributed by atoms with van der Waals surface area (Å²) in [6.45, 7) is 1.71. The van der Waals surface area contributed by atoms with Gasteiger partial charge < -0.3 is 9.57 Å². The van der Waals surface area contributed by atoms with Gasteiger partial charge in [0, 0.05) is 0 Å². The molecule has 1 saturated heterocycles. The van der Waals surface area contributed by atoms with E-state index in [-0.39, 0.29) is 29.2 Å². The Bertz CT molecular complexity index is 1020. The van der Waals surface area contributed by atoms with Gasteiger partial charge in [0.2, 0.25) is 11.8 Å². The Kier molecular flexibility index (Phi) is 5.84. The number of nitrogens with zero attached hydrogens (tertiary/aromatic N) is 2. The molecule has 2 aromatic rings. The number of amides is 2. The van der Waals surface area contributed by atoms with Crippen LogP contribution in [0.25, 0.3) is 0 Å². The molecule has 2 fully saturated rings. The predicted molar refractivity (Wildman–Crippen MR) is 115 cm³/mol. The van der Waals surface area contributed by atoms with Crippen molar-refractivity contribution in [3.8, 4) is 5.75 Å². The minimum absolute atomic E-state index is 0.0985. The SMILES string of the molecule is COc1ccccc1C(=O)O/N=C(\C)c1ccc(N2C(=O)[C@H]3CCCC[C@@H]3C2=O)cc1. The minimum atomic E-state index is -0.621. The van der Waals surface area contributed by atoms with Gasteiger partial charge in [-0.05, 0) is 49.6 Å². The molecule has 0 spiro atoms. The van der Waals surface area contributed by atoms with E-state index in [1.807, 2.05) is 0 Å². The molecule has 1 aliphatic heterocycles. The van der Waals surface area contributed by atoms with Crippen molar-refractivity contribution in [2.24, 2.45) is 17.0 Å². The van der Waals surface area contributed by atoms with Crippen LogP contribution in [-0.4, -0.2) is 30.6 Å². The molecule has 0 N–H and O–H groups in total. The van der Waals surface area contributed by atoms with Crippen LogP contribution < -0.4 is 9.64 Å². The molecule has 4 rings (SSSR count). The largest absolute Gasteiger partial charge is 0.496 e. The summed E-state index contributed by atoms with van der Waals surface area (Å²) in [5.74, 6) is -0.774. The first-order valence-corrected chi connectivity index (χ1v) is 10.4. The van der Waals surface area contributed by atoms with E-state index in [0.717, 1.165) is 25.7 Å². The van der Waals surface area contributed by atoms with Crippen LogP contribution in [-0.2, 0) is 14.4 Å². The highest BCUT2D eigenvalue weighted by atomic mass is 16.7. The number of hydrogen-bond acceptors (Lipinski definition) is 6. The number of imide groups is 1. The maximum absolute atomic E-state index is 12.7. The topological polar surface area (TPSA) is 85.3 Å². The van der Waals surface area contributed by atoms with Crippen molar-refractivity contribution in [1.29, 1.82) is 0 Å². The normalized spacial score (nSPS) is 21.1. The van der Waals surface area contributed by atoms with Crippen LogP contribution in [0.2, 0.25) is 0 Å². The minimum Gasteiger partial charge on any atom is -0.496 e. The lowest BCUT2D eigenvalue weighted by Crippen LogP contribution is -2.30. The van der Waals surface area contributed by atoms with Crippen molar-refractivity contribution >= 4 is 29.2 Å². The van der Waals surface area contributed by atoms with Crippen LogP contribution in [0.3, 0.4) is 0 Å². The third-order valence-corrected chi connectivity index (χ3v) is 5.98. The highest BCUT2D eigenvalue weighted by Crippen LogP contribution is 2.40.